The van der Waals surface area contributed by atoms with Crippen LogP contribution in [0.3, 0.4) is 0 Å². The Labute approximate surface area is 106 Å². The molecular weight excluding hydrogens is 228 g/mol. The van der Waals surface area contributed by atoms with Gasteiger partial charge in [-0.15, -0.1) is 0 Å². The smallest absolute Gasteiger partial charge is 0.120 e. The number of aromatic amines is 1. The summed E-state index contributed by atoms with van der Waals surface area (Å²) in [5.74, 6) is 1.02. The van der Waals surface area contributed by atoms with E-state index in [9.17, 15) is 0 Å². The standard InChI is InChI=1S/C12H18N6/c1-17-11(2-3-15-17)10-8-14-12(16-10)9-18-6-4-13-5-7-18/h2-3,8,13H,4-7,9H2,1H3,(H,14,16). The molecule has 6 nitrogen and oxygen atoms in total. The van der Waals surface area contributed by atoms with Gasteiger partial charge in [0.1, 0.15) is 5.82 Å². The summed E-state index contributed by atoms with van der Waals surface area (Å²) in [6.45, 7) is 5.19. The summed E-state index contributed by atoms with van der Waals surface area (Å²) in [4.78, 5) is 10.2. The van der Waals surface area contributed by atoms with Crippen molar-refractivity contribution in [3.63, 3.8) is 0 Å². The van der Waals surface area contributed by atoms with Crippen LogP contribution < -0.4 is 5.32 Å². The highest BCUT2D eigenvalue weighted by atomic mass is 15.3. The quantitative estimate of drug-likeness (QED) is 0.813. The molecule has 2 N–H and O–H groups in total. The topological polar surface area (TPSA) is 61.8 Å². The first kappa shape index (κ1) is 11.4. The SMILES string of the molecule is Cn1nccc1-c1cnc(CN2CCNCC2)[nH]1. The molecule has 1 aliphatic rings. The molecule has 96 valence electrons. The van der Waals surface area contributed by atoms with Crippen molar-refractivity contribution in [1.82, 2.24) is 30.0 Å². The summed E-state index contributed by atoms with van der Waals surface area (Å²) >= 11 is 0. The number of nitrogens with one attached hydrogen (secondary N) is 2. The molecule has 0 aromatic carbocycles. The van der Waals surface area contributed by atoms with Gasteiger partial charge in [-0.25, -0.2) is 4.98 Å². The van der Waals surface area contributed by atoms with Gasteiger partial charge >= 0.3 is 0 Å². The molecule has 0 bridgehead atoms. The molecule has 2 aromatic heterocycles. The minimum absolute atomic E-state index is 0.888. The van der Waals surface area contributed by atoms with Gasteiger partial charge in [-0.3, -0.25) is 9.58 Å². The summed E-state index contributed by atoms with van der Waals surface area (Å²) in [5.41, 5.74) is 2.09. The number of H-pyrrole nitrogens is 1. The third kappa shape index (κ3) is 2.30. The van der Waals surface area contributed by atoms with E-state index in [4.69, 9.17) is 0 Å². The zero-order chi connectivity index (χ0) is 12.4. The first-order chi connectivity index (χ1) is 8.83. The monoisotopic (exact) mass is 246 g/mol. The lowest BCUT2D eigenvalue weighted by Gasteiger charge is -2.26. The lowest BCUT2D eigenvalue weighted by atomic mass is 10.3. The summed E-state index contributed by atoms with van der Waals surface area (Å²) in [5, 5.41) is 7.52. The van der Waals surface area contributed by atoms with Crippen molar-refractivity contribution in [3.8, 4) is 11.4 Å². The number of rotatable bonds is 3. The van der Waals surface area contributed by atoms with E-state index in [0.717, 1.165) is 49.9 Å². The fourth-order valence-electron chi connectivity index (χ4n) is 2.29. The lowest BCUT2D eigenvalue weighted by molar-refractivity contribution is 0.228. The second-order valence-electron chi connectivity index (χ2n) is 4.61. The van der Waals surface area contributed by atoms with E-state index in [1.54, 1.807) is 6.20 Å². The maximum absolute atomic E-state index is 4.45. The van der Waals surface area contributed by atoms with Gasteiger partial charge in [0, 0.05) is 39.4 Å². The first-order valence-electron chi connectivity index (χ1n) is 6.28. The summed E-state index contributed by atoms with van der Waals surface area (Å²) in [6.07, 6.45) is 3.68. The van der Waals surface area contributed by atoms with Gasteiger partial charge in [-0.2, -0.15) is 5.10 Å². The predicted octanol–water partition coefficient (Wildman–Crippen LogP) is 0.215. The minimum Gasteiger partial charge on any atom is -0.340 e. The Morgan fingerprint density at radius 1 is 1.33 bits per heavy atom. The van der Waals surface area contributed by atoms with Crippen molar-refractivity contribution < 1.29 is 0 Å². The van der Waals surface area contributed by atoms with Crippen LogP contribution in [-0.2, 0) is 13.6 Å². The number of hydrogen-bond acceptors (Lipinski definition) is 4. The minimum atomic E-state index is 0.888. The predicted molar refractivity (Wildman–Crippen MR) is 68.9 cm³/mol. The van der Waals surface area contributed by atoms with Crippen molar-refractivity contribution in [2.24, 2.45) is 7.05 Å². The van der Waals surface area contributed by atoms with Crippen LogP contribution in [0.5, 0.6) is 0 Å². The molecule has 3 rings (SSSR count). The van der Waals surface area contributed by atoms with Crippen LogP contribution in [0.25, 0.3) is 11.4 Å². The molecule has 0 aliphatic carbocycles. The fraction of sp³-hybridized carbons (Fsp3) is 0.500. The van der Waals surface area contributed by atoms with Gasteiger partial charge in [0.2, 0.25) is 0 Å². The summed E-state index contributed by atoms with van der Waals surface area (Å²) in [7, 11) is 1.94. The van der Waals surface area contributed by atoms with Crippen LogP contribution in [0, 0.1) is 0 Å². The molecule has 1 fully saturated rings. The first-order valence-corrected chi connectivity index (χ1v) is 6.28. The molecule has 1 aliphatic heterocycles. The largest absolute Gasteiger partial charge is 0.340 e. The third-order valence-corrected chi connectivity index (χ3v) is 3.31. The number of hydrogen-bond donors (Lipinski definition) is 2. The van der Waals surface area contributed by atoms with E-state index in [1.165, 1.54) is 0 Å². The zero-order valence-corrected chi connectivity index (χ0v) is 10.6. The van der Waals surface area contributed by atoms with Crippen molar-refractivity contribution in [3.05, 3.63) is 24.3 Å². The van der Waals surface area contributed by atoms with E-state index in [0.29, 0.717) is 0 Å². The molecule has 2 aromatic rings. The van der Waals surface area contributed by atoms with E-state index in [1.807, 2.05) is 24.0 Å². The Hall–Kier alpha value is -1.66. The van der Waals surface area contributed by atoms with Gasteiger partial charge in [0.05, 0.1) is 24.1 Å². The van der Waals surface area contributed by atoms with Gasteiger partial charge in [-0.05, 0) is 6.07 Å². The van der Waals surface area contributed by atoms with E-state index < -0.39 is 0 Å². The summed E-state index contributed by atoms with van der Waals surface area (Å²) < 4.78 is 1.85. The van der Waals surface area contributed by atoms with Crippen molar-refractivity contribution in [2.75, 3.05) is 26.2 Å². The Balaban J connectivity index is 1.71. The zero-order valence-electron chi connectivity index (χ0n) is 10.6. The summed E-state index contributed by atoms with van der Waals surface area (Å²) in [6, 6.07) is 1.99. The Morgan fingerprint density at radius 2 is 2.17 bits per heavy atom. The van der Waals surface area contributed by atoms with Gasteiger partial charge in [-0.1, -0.05) is 0 Å². The Kier molecular flexibility index (Phi) is 3.12. The van der Waals surface area contributed by atoms with Crippen molar-refractivity contribution >= 4 is 0 Å². The maximum atomic E-state index is 4.45. The second-order valence-corrected chi connectivity index (χ2v) is 4.61. The molecule has 0 saturated carbocycles. The Morgan fingerprint density at radius 3 is 2.89 bits per heavy atom. The highest BCUT2D eigenvalue weighted by Crippen LogP contribution is 2.15. The molecule has 0 amide bonds. The van der Waals surface area contributed by atoms with Crippen LogP contribution in [0.4, 0.5) is 0 Å². The second kappa shape index (κ2) is 4.91. The number of nitrogens with zero attached hydrogens (tertiary/aromatic N) is 4. The van der Waals surface area contributed by atoms with Crippen LogP contribution in [-0.4, -0.2) is 50.8 Å². The molecule has 0 atom stereocenters. The van der Waals surface area contributed by atoms with Crippen LogP contribution >= 0.6 is 0 Å². The number of aromatic nitrogens is 4. The van der Waals surface area contributed by atoms with Crippen LogP contribution in [0.2, 0.25) is 0 Å². The molecule has 0 spiro atoms. The van der Waals surface area contributed by atoms with Gasteiger partial charge < -0.3 is 10.3 Å². The molecular formula is C12H18N6. The number of imidazole rings is 1. The normalized spacial score (nSPS) is 17.2. The molecule has 0 unspecified atom stereocenters. The lowest BCUT2D eigenvalue weighted by Crippen LogP contribution is -2.43. The Bertz CT molecular complexity index is 508. The van der Waals surface area contributed by atoms with Gasteiger partial charge in [0.25, 0.3) is 0 Å². The molecule has 18 heavy (non-hydrogen) atoms. The third-order valence-electron chi connectivity index (χ3n) is 3.31. The van der Waals surface area contributed by atoms with Crippen molar-refractivity contribution in [1.29, 1.82) is 0 Å². The molecule has 6 heteroatoms. The molecule has 0 radical (unpaired) electrons. The van der Waals surface area contributed by atoms with Gasteiger partial charge in [0.15, 0.2) is 0 Å². The average molecular weight is 246 g/mol. The van der Waals surface area contributed by atoms with Crippen molar-refractivity contribution in [2.45, 2.75) is 6.54 Å². The molecule has 3 heterocycles. The average Bonchev–Trinajstić information content (AvgIpc) is 2.99. The fourth-order valence-corrected chi connectivity index (χ4v) is 2.29. The molecule has 1 saturated heterocycles. The van der Waals surface area contributed by atoms with E-state index >= 15 is 0 Å². The highest BCUT2D eigenvalue weighted by Gasteiger charge is 2.12. The van der Waals surface area contributed by atoms with E-state index in [2.05, 4.69) is 25.3 Å². The highest BCUT2D eigenvalue weighted by molar-refractivity contribution is 5.52. The van der Waals surface area contributed by atoms with Crippen LogP contribution in [0.1, 0.15) is 5.82 Å². The number of aryl methyl sites for hydroxylation is 1. The maximum Gasteiger partial charge on any atom is 0.120 e. The van der Waals surface area contributed by atoms with Crippen LogP contribution in [0.15, 0.2) is 18.5 Å². The number of piperazine rings is 1. The van der Waals surface area contributed by atoms with E-state index in [-0.39, 0.29) is 0 Å².